The summed E-state index contributed by atoms with van der Waals surface area (Å²) in [7, 11) is 1.60. The van der Waals surface area contributed by atoms with Gasteiger partial charge in [-0.25, -0.2) is 0 Å². The van der Waals surface area contributed by atoms with Crippen LogP contribution < -0.4 is 14.8 Å². The van der Waals surface area contributed by atoms with Crippen molar-refractivity contribution in [2.75, 3.05) is 20.2 Å². The molecule has 6 heteroatoms. The topological polar surface area (TPSA) is 56.8 Å². The Morgan fingerprint density at radius 3 is 2.48 bits per heavy atom. The van der Waals surface area contributed by atoms with E-state index in [4.69, 9.17) is 14.2 Å². The molecule has 27 heavy (non-hydrogen) atoms. The maximum Gasteiger partial charge on any atom is 0.310 e. The summed E-state index contributed by atoms with van der Waals surface area (Å²) in [5.74, 6) is 1.08. The van der Waals surface area contributed by atoms with E-state index in [1.807, 2.05) is 48.5 Å². The molecule has 0 saturated carbocycles. The lowest BCUT2D eigenvalue weighted by Crippen LogP contribution is -2.34. The van der Waals surface area contributed by atoms with Crippen LogP contribution in [0.4, 0.5) is 0 Å². The molecule has 0 aromatic heterocycles. The number of piperidine rings is 1. The molecule has 1 saturated heterocycles. The summed E-state index contributed by atoms with van der Waals surface area (Å²) in [5.41, 5.74) is 1.94. The van der Waals surface area contributed by atoms with Crippen LogP contribution in [0.3, 0.4) is 0 Å². The first-order chi connectivity index (χ1) is 12.7. The van der Waals surface area contributed by atoms with Crippen LogP contribution in [0.1, 0.15) is 24.0 Å². The maximum absolute atomic E-state index is 12.2. The van der Waals surface area contributed by atoms with Gasteiger partial charge in [0.15, 0.2) is 11.5 Å². The average molecular weight is 392 g/mol. The van der Waals surface area contributed by atoms with E-state index >= 15 is 0 Å². The van der Waals surface area contributed by atoms with E-state index in [1.54, 1.807) is 7.11 Å². The number of hydrogen-bond acceptors (Lipinski definition) is 5. The summed E-state index contributed by atoms with van der Waals surface area (Å²) < 4.78 is 16.8. The lowest BCUT2D eigenvalue weighted by Gasteiger charge is -2.22. The summed E-state index contributed by atoms with van der Waals surface area (Å²) in [5, 5.41) is 3.26. The van der Waals surface area contributed by atoms with E-state index < -0.39 is 0 Å². The number of hydrogen-bond donors (Lipinski definition) is 1. The van der Waals surface area contributed by atoms with Crippen molar-refractivity contribution in [2.24, 2.45) is 0 Å². The van der Waals surface area contributed by atoms with Crippen molar-refractivity contribution >= 4 is 18.4 Å². The highest BCUT2D eigenvalue weighted by Crippen LogP contribution is 2.29. The van der Waals surface area contributed by atoms with Gasteiger partial charge in [-0.1, -0.05) is 36.4 Å². The molecular weight excluding hydrogens is 366 g/mol. The van der Waals surface area contributed by atoms with Gasteiger partial charge in [-0.15, -0.1) is 12.4 Å². The van der Waals surface area contributed by atoms with Crippen LogP contribution in [0.15, 0.2) is 48.5 Å². The number of carbonyl (C=O) groups is 1. The third-order valence-corrected chi connectivity index (χ3v) is 4.40. The van der Waals surface area contributed by atoms with Crippen LogP contribution >= 0.6 is 12.4 Å². The molecule has 2 aromatic rings. The monoisotopic (exact) mass is 391 g/mol. The largest absolute Gasteiger partial charge is 0.493 e. The van der Waals surface area contributed by atoms with Gasteiger partial charge in [0.2, 0.25) is 0 Å². The molecule has 1 aliphatic rings. The van der Waals surface area contributed by atoms with Gasteiger partial charge in [0.05, 0.1) is 13.5 Å². The van der Waals surface area contributed by atoms with Crippen molar-refractivity contribution in [2.45, 2.75) is 32.0 Å². The van der Waals surface area contributed by atoms with Crippen molar-refractivity contribution in [3.05, 3.63) is 59.7 Å². The van der Waals surface area contributed by atoms with E-state index in [1.165, 1.54) is 0 Å². The quantitative estimate of drug-likeness (QED) is 0.731. The van der Waals surface area contributed by atoms with Gasteiger partial charge in [-0.3, -0.25) is 4.79 Å². The van der Waals surface area contributed by atoms with E-state index in [2.05, 4.69) is 5.32 Å². The summed E-state index contributed by atoms with van der Waals surface area (Å²) in [6.45, 7) is 2.27. The van der Waals surface area contributed by atoms with Crippen LogP contribution in [0.2, 0.25) is 0 Å². The molecule has 0 spiro atoms. The van der Waals surface area contributed by atoms with Gasteiger partial charge in [-0.2, -0.15) is 0 Å². The highest BCUT2D eigenvalue weighted by molar-refractivity contribution is 5.85. The van der Waals surface area contributed by atoms with Crippen molar-refractivity contribution in [1.29, 1.82) is 0 Å². The number of carbonyl (C=O) groups excluding carboxylic acids is 1. The molecule has 0 amide bonds. The first-order valence-electron chi connectivity index (χ1n) is 8.98. The number of esters is 1. The predicted molar refractivity (Wildman–Crippen MR) is 107 cm³/mol. The average Bonchev–Trinajstić information content (AvgIpc) is 2.68. The molecule has 0 unspecified atom stereocenters. The Kier molecular flexibility index (Phi) is 8.43. The fraction of sp³-hybridized carbons (Fsp3) is 0.381. The normalized spacial score (nSPS) is 14.1. The Hall–Kier alpha value is -2.24. The fourth-order valence-corrected chi connectivity index (χ4v) is 2.98. The molecule has 1 heterocycles. The second-order valence-electron chi connectivity index (χ2n) is 6.38. The maximum atomic E-state index is 12.2. The SMILES string of the molecule is COc1cc(CC(=O)OC2CCNCC2)ccc1OCc1ccccc1.Cl. The zero-order chi connectivity index (χ0) is 18.2. The minimum absolute atomic E-state index is 0. The minimum atomic E-state index is -0.197. The van der Waals surface area contributed by atoms with Gasteiger partial charge >= 0.3 is 5.97 Å². The van der Waals surface area contributed by atoms with E-state index in [-0.39, 0.29) is 30.9 Å². The summed E-state index contributed by atoms with van der Waals surface area (Å²) in [4.78, 5) is 12.2. The Morgan fingerprint density at radius 1 is 1.04 bits per heavy atom. The van der Waals surface area contributed by atoms with Gasteiger partial charge in [0.1, 0.15) is 12.7 Å². The predicted octanol–water partition coefficient (Wildman–Crippen LogP) is 3.53. The number of benzene rings is 2. The molecule has 5 nitrogen and oxygen atoms in total. The van der Waals surface area contributed by atoms with Gasteiger partial charge < -0.3 is 19.5 Å². The zero-order valence-corrected chi connectivity index (χ0v) is 16.3. The first-order valence-corrected chi connectivity index (χ1v) is 8.98. The van der Waals surface area contributed by atoms with E-state index in [9.17, 15) is 4.79 Å². The van der Waals surface area contributed by atoms with Crippen LogP contribution in [0, 0.1) is 0 Å². The third-order valence-electron chi connectivity index (χ3n) is 4.40. The van der Waals surface area contributed by atoms with Crippen molar-refractivity contribution < 1.29 is 19.0 Å². The summed E-state index contributed by atoms with van der Waals surface area (Å²) >= 11 is 0. The highest BCUT2D eigenvalue weighted by atomic mass is 35.5. The van der Waals surface area contributed by atoms with Crippen LogP contribution in [-0.2, 0) is 22.6 Å². The smallest absolute Gasteiger partial charge is 0.310 e. The Morgan fingerprint density at radius 2 is 1.78 bits per heavy atom. The molecule has 0 aliphatic carbocycles. The molecule has 0 radical (unpaired) electrons. The van der Waals surface area contributed by atoms with E-state index in [0.29, 0.717) is 18.1 Å². The molecule has 1 fully saturated rings. The number of methoxy groups -OCH3 is 1. The van der Waals surface area contributed by atoms with Crippen molar-refractivity contribution in [3.8, 4) is 11.5 Å². The zero-order valence-electron chi connectivity index (χ0n) is 15.5. The number of rotatable bonds is 7. The molecule has 1 N–H and O–H groups in total. The number of ether oxygens (including phenoxy) is 3. The van der Waals surface area contributed by atoms with Crippen LogP contribution in [-0.4, -0.2) is 32.3 Å². The highest BCUT2D eigenvalue weighted by Gasteiger charge is 2.18. The van der Waals surface area contributed by atoms with Gasteiger partial charge in [-0.05, 0) is 49.2 Å². The molecule has 0 bridgehead atoms. The second-order valence-corrected chi connectivity index (χ2v) is 6.38. The standard InChI is InChI=1S/C21H25NO4.ClH/c1-24-20-13-17(14-21(23)26-18-9-11-22-12-10-18)7-8-19(20)25-15-16-5-3-2-4-6-16;/h2-8,13,18,22H,9-12,14-15H2,1H3;1H. The molecule has 146 valence electrons. The second kappa shape index (κ2) is 10.8. The Balaban J connectivity index is 0.00000261. The fourth-order valence-electron chi connectivity index (χ4n) is 2.98. The van der Waals surface area contributed by atoms with Crippen LogP contribution in [0.25, 0.3) is 0 Å². The molecule has 0 atom stereocenters. The molecule has 2 aromatic carbocycles. The summed E-state index contributed by atoms with van der Waals surface area (Å²) in [6, 6.07) is 15.5. The minimum Gasteiger partial charge on any atom is -0.493 e. The lowest BCUT2D eigenvalue weighted by molar-refractivity contribution is -0.149. The van der Waals surface area contributed by atoms with Gasteiger partial charge in [0, 0.05) is 0 Å². The Bertz CT molecular complexity index is 717. The first kappa shape index (κ1) is 21.1. The lowest BCUT2D eigenvalue weighted by atomic mass is 10.1. The molecule has 1 aliphatic heterocycles. The van der Waals surface area contributed by atoms with Crippen molar-refractivity contribution in [1.82, 2.24) is 5.32 Å². The summed E-state index contributed by atoms with van der Waals surface area (Å²) in [6.07, 6.45) is 2.01. The number of halogens is 1. The number of nitrogens with one attached hydrogen (secondary N) is 1. The van der Waals surface area contributed by atoms with Crippen molar-refractivity contribution in [3.63, 3.8) is 0 Å². The molecular formula is C21H26ClNO4. The van der Waals surface area contributed by atoms with E-state index in [0.717, 1.165) is 37.1 Å². The Labute approximate surface area is 166 Å². The third kappa shape index (κ3) is 6.45. The molecule has 3 rings (SSSR count). The van der Waals surface area contributed by atoms with Crippen LogP contribution in [0.5, 0.6) is 11.5 Å². The van der Waals surface area contributed by atoms with Gasteiger partial charge in [0.25, 0.3) is 0 Å².